The molecule has 1 aromatic heterocycles. The van der Waals surface area contributed by atoms with Crippen molar-refractivity contribution in [3.8, 4) is 11.4 Å². The second-order valence-corrected chi connectivity index (χ2v) is 6.02. The molecule has 116 valence electrons. The van der Waals surface area contributed by atoms with Gasteiger partial charge in [0.2, 0.25) is 5.91 Å². The number of carbonyl (C=O) groups excluding carboxylic acids is 1. The molecule has 1 unspecified atom stereocenters. The predicted molar refractivity (Wildman–Crippen MR) is 89.7 cm³/mol. The molecule has 1 atom stereocenters. The van der Waals surface area contributed by atoms with E-state index in [1.165, 1.54) is 11.8 Å². The molecule has 0 aliphatic carbocycles. The summed E-state index contributed by atoms with van der Waals surface area (Å²) >= 11 is 1.41. The topological polar surface area (TPSA) is 59.8 Å². The number of thioether (sulfide) groups is 1. The first-order valence-corrected chi connectivity index (χ1v) is 8.09. The zero-order valence-corrected chi connectivity index (χ0v) is 13.6. The Hall–Kier alpha value is -2.08. The van der Waals surface area contributed by atoms with Gasteiger partial charge >= 0.3 is 0 Å². The molecule has 0 saturated carbocycles. The van der Waals surface area contributed by atoms with Gasteiger partial charge < -0.3 is 9.88 Å². The lowest BCUT2D eigenvalue weighted by Crippen LogP contribution is -2.31. The summed E-state index contributed by atoms with van der Waals surface area (Å²) in [7, 11) is 0. The van der Waals surface area contributed by atoms with E-state index in [2.05, 4.69) is 22.1 Å². The average Bonchev–Trinajstić information content (AvgIpc) is 2.95. The molecule has 0 aliphatic heterocycles. The first-order chi connectivity index (χ1) is 10.7. The Morgan fingerprint density at radius 1 is 1.41 bits per heavy atom. The maximum Gasteiger partial charge on any atom is 0.233 e. The maximum absolute atomic E-state index is 11.9. The highest BCUT2D eigenvalue weighted by molar-refractivity contribution is 8.00. The van der Waals surface area contributed by atoms with E-state index in [-0.39, 0.29) is 11.2 Å². The van der Waals surface area contributed by atoms with Crippen molar-refractivity contribution < 1.29 is 4.79 Å². The Balaban J connectivity index is 2.17. The first-order valence-electron chi connectivity index (χ1n) is 7.21. The Morgan fingerprint density at radius 2 is 2.14 bits per heavy atom. The fourth-order valence-corrected chi connectivity index (χ4v) is 2.93. The van der Waals surface area contributed by atoms with Crippen LogP contribution in [0, 0.1) is 0 Å². The lowest BCUT2D eigenvalue weighted by molar-refractivity contribution is -0.120. The summed E-state index contributed by atoms with van der Waals surface area (Å²) in [4.78, 5) is 11.9. The molecule has 0 saturated heterocycles. The molecule has 2 aromatic rings. The van der Waals surface area contributed by atoms with Crippen molar-refractivity contribution in [3.63, 3.8) is 0 Å². The second-order valence-electron chi connectivity index (χ2n) is 4.71. The van der Waals surface area contributed by atoms with E-state index < -0.39 is 0 Å². The van der Waals surface area contributed by atoms with Crippen molar-refractivity contribution in [2.75, 3.05) is 6.54 Å². The molecule has 1 aromatic carbocycles. The highest BCUT2D eigenvalue weighted by Gasteiger charge is 2.19. The van der Waals surface area contributed by atoms with E-state index in [1.54, 1.807) is 6.08 Å². The maximum atomic E-state index is 11.9. The van der Waals surface area contributed by atoms with Crippen LogP contribution in [-0.2, 0) is 11.3 Å². The zero-order valence-electron chi connectivity index (χ0n) is 12.8. The first kappa shape index (κ1) is 16.3. The highest BCUT2D eigenvalue weighted by atomic mass is 32.2. The Bertz CT molecular complexity index is 639. The molecule has 0 aliphatic rings. The van der Waals surface area contributed by atoms with E-state index in [9.17, 15) is 4.79 Å². The number of carbonyl (C=O) groups is 1. The summed E-state index contributed by atoms with van der Waals surface area (Å²) in [6.07, 6.45) is 1.66. The number of hydrogen-bond donors (Lipinski definition) is 1. The molecule has 22 heavy (non-hydrogen) atoms. The van der Waals surface area contributed by atoms with E-state index in [0.717, 1.165) is 23.1 Å². The number of aromatic nitrogens is 3. The van der Waals surface area contributed by atoms with Gasteiger partial charge in [-0.15, -0.1) is 16.8 Å². The largest absolute Gasteiger partial charge is 0.352 e. The van der Waals surface area contributed by atoms with Gasteiger partial charge in [-0.25, -0.2) is 0 Å². The van der Waals surface area contributed by atoms with Crippen LogP contribution >= 0.6 is 11.8 Å². The summed E-state index contributed by atoms with van der Waals surface area (Å²) in [6.45, 7) is 8.72. The minimum absolute atomic E-state index is 0.0307. The molecule has 0 radical (unpaired) electrons. The van der Waals surface area contributed by atoms with Crippen molar-refractivity contribution in [2.24, 2.45) is 0 Å². The average molecular weight is 316 g/mol. The van der Waals surface area contributed by atoms with Crippen LogP contribution in [0.3, 0.4) is 0 Å². The number of nitrogens with one attached hydrogen (secondary N) is 1. The van der Waals surface area contributed by atoms with Crippen LogP contribution in [0.1, 0.15) is 13.8 Å². The van der Waals surface area contributed by atoms with Crippen LogP contribution < -0.4 is 5.32 Å². The van der Waals surface area contributed by atoms with Crippen LogP contribution in [0.5, 0.6) is 0 Å². The van der Waals surface area contributed by atoms with Gasteiger partial charge in [0.25, 0.3) is 0 Å². The summed E-state index contributed by atoms with van der Waals surface area (Å²) in [6, 6.07) is 9.93. The van der Waals surface area contributed by atoms with Gasteiger partial charge in [0.05, 0.1) is 5.25 Å². The SMILES string of the molecule is C=CCNC(=O)C(C)Sc1nnc(-c2ccccc2)n1CC. The third-order valence-electron chi connectivity index (χ3n) is 3.14. The molecule has 0 spiro atoms. The van der Waals surface area contributed by atoms with Gasteiger partial charge in [-0.3, -0.25) is 4.79 Å². The molecule has 6 heteroatoms. The van der Waals surface area contributed by atoms with Crippen molar-refractivity contribution in [3.05, 3.63) is 43.0 Å². The molecule has 2 rings (SSSR count). The Labute approximate surface area is 134 Å². The van der Waals surface area contributed by atoms with Gasteiger partial charge in [-0.05, 0) is 13.8 Å². The molecule has 1 N–H and O–H groups in total. The van der Waals surface area contributed by atoms with Gasteiger partial charge in [-0.2, -0.15) is 0 Å². The number of nitrogens with zero attached hydrogens (tertiary/aromatic N) is 3. The van der Waals surface area contributed by atoms with Crippen LogP contribution in [-0.4, -0.2) is 32.5 Å². The number of amides is 1. The summed E-state index contributed by atoms with van der Waals surface area (Å²) in [5, 5.41) is 11.8. The second kappa shape index (κ2) is 7.79. The molecular weight excluding hydrogens is 296 g/mol. The Kier molecular flexibility index (Phi) is 5.77. The minimum atomic E-state index is -0.238. The smallest absolute Gasteiger partial charge is 0.233 e. The minimum Gasteiger partial charge on any atom is -0.352 e. The van der Waals surface area contributed by atoms with Gasteiger partial charge in [0.1, 0.15) is 0 Å². The number of rotatable bonds is 7. The van der Waals surface area contributed by atoms with Crippen LogP contribution in [0.25, 0.3) is 11.4 Å². The number of hydrogen-bond acceptors (Lipinski definition) is 4. The molecule has 1 amide bonds. The summed E-state index contributed by atoms with van der Waals surface area (Å²) in [5.74, 6) is 0.793. The zero-order chi connectivity index (χ0) is 15.9. The monoisotopic (exact) mass is 316 g/mol. The lowest BCUT2D eigenvalue weighted by Gasteiger charge is -2.12. The van der Waals surface area contributed by atoms with Crippen LogP contribution in [0.15, 0.2) is 48.1 Å². The molecular formula is C16H20N4OS. The standard InChI is InChI=1S/C16H20N4OS/c1-4-11-17-15(21)12(3)22-16-19-18-14(20(16)5-2)13-9-7-6-8-10-13/h4,6-10,12H,1,5,11H2,2-3H3,(H,17,21). The van der Waals surface area contributed by atoms with Gasteiger partial charge in [-0.1, -0.05) is 48.2 Å². The third kappa shape index (κ3) is 3.76. The van der Waals surface area contributed by atoms with Crippen molar-refractivity contribution in [1.29, 1.82) is 0 Å². The van der Waals surface area contributed by atoms with Crippen molar-refractivity contribution >= 4 is 17.7 Å². The fraction of sp³-hybridized carbons (Fsp3) is 0.312. The van der Waals surface area contributed by atoms with E-state index in [1.807, 2.05) is 48.7 Å². The summed E-state index contributed by atoms with van der Waals surface area (Å²) in [5.41, 5.74) is 1.02. The van der Waals surface area contributed by atoms with E-state index >= 15 is 0 Å². The van der Waals surface area contributed by atoms with Crippen LogP contribution in [0.4, 0.5) is 0 Å². The molecule has 0 fully saturated rings. The van der Waals surface area contributed by atoms with Crippen molar-refractivity contribution in [1.82, 2.24) is 20.1 Å². The van der Waals surface area contributed by atoms with E-state index in [0.29, 0.717) is 6.54 Å². The molecule has 5 nitrogen and oxygen atoms in total. The number of benzene rings is 1. The van der Waals surface area contributed by atoms with E-state index in [4.69, 9.17) is 0 Å². The lowest BCUT2D eigenvalue weighted by atomic mass is 10.2. The highest BCUT2D eigenvalue weighted by Crippen LogP contribution is 2.26. The summed E-state index contributed by atoms with van der Waals surface area (Å²) < 4.78 is 2.03. The molecule has 0 bridgehead atoms. The fourth-order valence-electron chi connectivity index (χ4n) is 1.99. The van der Waals surface area contributed by atoms with Gasteiger partial charge in [0, 0.05) is 18.7 Å². The predicted octanol–water partition coefficient (Wildman–Crippen LogP) is 2.75. The molecule has 1 heterocycles. The third-order valence-corrected chi connectivity index (χ3v) is 4.22. The Morgan fingerprint density at radius 3 is 2.77 bits per heavy atom. The van der Waals surface area contributed by atoms with Crippen LogP contribution in [0.2, 0.25) is 0 Å². The normalized spacial score (nSPS) is 11.9. The van der Waals surface area contributed by atoms with Crippen molar-refractivity contribution in [2.45, 2.75) is 30.8 Å². The quantitative estimate of drug-likeness (QED) is 0.630. The van der Waals surface area contributed by atoms with Gasteiger partial charge in [0.15, 0.2) is 11.0 Å².